The molecule has 2 aliphatic carbocycles. The van der Waals surface area contributed by atoms with Crippen molar-refractivity contribution in [2.24, 2.45) is 5.41 Å². The SMILES string of the molecule is Cc1c(C2CC(F)(F)C2)nn(C2CCC2)c1NC(=O)CC(C)(C)C(F)(F)F. The second-order valence-corrected chi connectivity index (χ2v) is 8.46. The van der Waals surface area contributed by atoms with Gasteiger partial charge in [0.25, 0.3) is 0 Å². The number of hydrogen-bond donors (Lipinski definition) is 1. The van der Waals surface area contributed by atoms with Crippen molar-refractivity contribution in [3.05, 3.63) is 11.3 Å². The summed E-state index contributed by atoms with van der Waals surface area (Å²) in [6, 6.07) is 0.0453. The third kappa shape index (κ3) is 3.82. The number of hydrogen-bond acceptors (Lipinski definition) is 2. The zero-order valence-corrected chi connectivity index (χ0v) is 15.6. The predicted octanol–water partition coefficient (Wildman–Crippen LogP) is 5.35. The lowest BCUT2D eigenvalue weighted by molar-refractivity contribution is -0.213. The quantitative estimate of drug-likeness (QED) is 0.686. The number of nitrogens with zero attached hydrogens (tertiary/aromatic N) is 2. The van der Waals surface area contributed by atoms with E-state index in [0.29, 0.717) is 17.1 Å². The van der Waals surface area contributed by atoms with Gasteiger partial charge in [0.1, 0.15) is 5.82 Å². The van der Waals surface area contributed by atoms with Crippen LogP contribution in [-0.4, -0.2) is 27.8 Å². The van der Waals surface area contributed by atoms with Gasteiger partial charge in [0.2, 0.25) is 11.8 Å². The van der Waals surface area contributed by atoms with Crippen molar-refractivity contribution in [3.8, 4) is 0 Å². The summed E-state index contributed by atoms with van der Waals surface area (Å²) in [6.45, 7) is 3.63. The lowest BCUT2D eigenvalue weighted by atomic mass is 9.78. The molecule has 1 heterocycles. The van der Waals surface area contributed by atoms with E-state index in [0.717, 1.165) is 33.1 Å². The molecule has 2 saturated carbocycles. The number of rotatable bonds is 5. The van der Waals surface area contributed by atoms with E-state index >= 15 is 0 Å². The first-order valence-corrected chi connectivity index (χ1v) is 9.14. The normalized spacial score (nSPS) is 20.9. The molecule has 27 heavy (non-hydrogen) atoms. The molecule has 0 unspecified atom stereocenters. The molecule has 9 heteroatoms. The van der Waals surface area contributed by atoms with E-state index in [1.165, 1.54) is 0 Å². The Kier molecular flexibility index (Phi) is 4.79. The topological polar surface area (TPSA) is 46.9 Å². The van der Waals surface area contributed by atoms with Gasteiger partial charge in [0.15, 0.2) is 0 Å². The molecule has 3 rings (SSSR count). The minimum Gasteiger partial charge on any atom is -0.311 e. The number of nitrogens with one attached hydrogen (secondary N) is 1. The Labute approximate surface area is 154 Å². The van der Waals surface area contributed by atoms with E-state index < -0.39 is 29.8 Å². The Balaban J connectivity index is 1.81. The highest BCUT2D eigenvalue weighted by molar-refractivity contribution is 5.91. The molecular weight excluding hydrogens is 369 g/mol. The zero-order chi connectivity index (χ0) is 20.2. The molecule has 0 saturated heterocycles. The van der Waals surface area contributed by atoms with Crippen LogP contribution < -0.4 is 5.32 Å². The van der Waals surface area contributed by atoms with Crippen LogP contribution in [0.3, 0.4) is 0 Å². The summed E-state index contributed by atoms with van der Waals surface area (Å²) in [7, 11) is 0. The summed E-state index contributed by atoms with van der Waals surface area (Å²) in [5.41, 5.74) is -1.08. The molecule has 0 bridgehead atoms. The number of carbonyl (C=O) groups is 1. The standard InChI is InChI=1S/C18H24F5N3O/c1-10-14(11-7-17(19,20)8-11)25-26(12-5-4-6-12)15(10)24-13(27)9-16(2,3)18(21,22)23/h11-12H,4-9H2,1-3H3,(H,24,27). The smallest absolute Gasteiger partial charge is 0.311 e. The summed E-state index contributed by atoms with van der Waals surface area (Å²) in [6.07, 6.45) is -3.11. The third-order valence-electron chi connectivity index (χ3n) is 5.71. The number of halogens is 5. The number of anilines is 1. The maximum absolute atomic E-state index is 13.2. The summed E-state index contributed by atoms with van der Waals surface area (Å²) in [5.74, 6) is -3.50. The van der Waals surface area contributed by atoms with Gasteiger partial charge in [-0.1, -0.05) is 13.8 Å². The zero-order valence-electron chi connectivity index (χ0n) is 15.6. The van der Waals surface area contributed by atoms with Gasteiger partial charge in [-0.25, -0.2) is 13.5 Å². The molecule has 0 spiro atoms. The lowest BCUT2D eigenvalue weighted by Gasteiger charge is -2.34. The number of carbonyl (C=O) groups excluding carboxylic acids is 1. The van der Waals surface area contributed by atoms with Crippen LogP contribution in [0.15, 0.2) is 0 Å². The van der Waals surface area contributed by atoms with Crippen molar-refractivity contribution in [2.45, 2.75) is 83.4 Å². The minimum atomic E-state index is -4.50. The van der Waals surface area contributed by atoms with Gasteiger partial charge in [0, 0.05) is 30.7 Å². The van der Waals surface area contributed by atoms with Crippen LogP contribution in [0.25, 0.3) is 0 Å². The van der Waals surface area contributed by atoms with Crippen LogP contribution in [0.5, 0.6) is 0 Å². The Bertz CT molecular complexity index is 726. The van der Waals surface area contributed by atoms with Crippen molar-refractivity contribution in [1.82, 2.24) is 9.78 Å². The molecule has 0 aliphatic heterocycles. The highest BCUT2D eigenvalue weighted by atomic mass is 19.4. The molecule has 4 nitrogen and oxygen atoms in total. The van der Waals surface area contributed by atoms with Crippen LogP contribution in [0.1, 0.15) is 75.6 Å². The Hall–Kier alpha value is -1.67. The molecule has 2 aliphatic rings. The van der Waals surface area contributed by atoms with E-state index in [1.807, 2.05) is 0 Å². The van der Waals surface area contributed by atoms with Gasteiger partial charge in [-0.2, -0.15) is 18.3 Å². The highest BCUT2D eigenvalue weighted by Crippen LogP contribution is 2.50. The van der Waals surface area contributed by atoms with Gasteiger partial charge >= 0.3 is 6.18 Å². The number of alkyl halides is 5. The molecular formula is C18H24F5N3O. The van der Waals surface area contributed by atoms with Gasteiger partial charge in [-0.05, 0) is 26.2 Å². The lowest BCUT2D eigenvalue weighted by Crippen LogP contribution is -2.36. The van der Waals surface area contributed by atoms with Crippen molar-refractivity contribution in [1.29, 1.82) is 0 Å². The van der Waals surface area contributed by atoms with Crippen LogP contribution in [0.2, 0.25) is 0 Å². The molecule has 1 aromatic heterocycles. The van der Waals surface area contributed by atoms with Crippen molar-refractivity contribution in [2.75, 3.05) is 5.32 Å². The van der Waals surface area contributed by atoms with Crippen LogP contribution in [0, 0.1) is 12.3 Å². The first-order chi connectivity index (χ1) is 12.3. The maximum atomic E-state index is 13.2. The Morgan fingerprint density at radius 2 is 1.85 bits per heavy atom. The molecule has 2 fully saturated rings. The minimum absolute atomic E-state index is 0.0453. The van der Waals surface area contributed by atoms with Crippen molar-refractivity contribution < 1.29 is 26.7 Å². The Morgan fingerprint density at radius 3 is 2.30 bits per heavy atom. The van der Waals surface area contributed by atoms with E-state index in [2.05, 4.69) is 10.4 Å². The summed E-state index contributed by atoms with van der Waals surface area (Å²) in [4.78, 5) is 12.3. The second kappa shape index (κ2) is 6.44. The fourth-order valence-electron chi connectivity index (χ4n) is 3.50. The van der Waals surface area contributed by atoms with Gasteiger partial charge < -0.3 is 5.32 Å². The van der Waals surface area contributed by atoms with E-state index in [9.17, 15) is 26.7 Å². The number of amides is 1. The van der Waals surface area contributed by atoms with Gasteiger partial charge in [0.05, 0.1) is 17.2 Å². The summed E-state index contributed by atoms with van der Waals surface area (Å²) in [5, 5.41) is 7.04. The van der Waals surface area contributed by atoms with Crippen LogP contribution >= 0.6 is 0 Å². The predicted molar refractivity (Wildman–Crippen MR) is 89.9 cm³/mol. The molecule has 0 aromatic carbocycles. The highest BCUT2D eigenvalue weighted by Gasteiger charge is 2.49. The molecule has 152 valence electrons. The van der Waals surface area contributed by atoms with Crippen LogP contribution in [-0.2, 0) is 4.79 Å². The maximum Gasteiger partial charge on any atom is 0.394 e. The Morgan fingerprint density at radius 1 is 1.26 bits per heavy atom. The van der Waals surface area contributed by atoms with Crippen molar-refractivity contribution >= 4 is 11.7 Å². The fourth-order valence-corrected chi connectivity index (χ4v) is 3.50. The first kappa shape index (κ1) is 20.1. The summed E-state index contributed by atoms with van der Waals surface area (Å²) < 4.78 is 67.3. The van der Waals surface area contributed by atoms with Gasteiger partial charge in [-0.15, -0.1) is 0 Å². The van der Waals surface area contributed by atoms with E-state index in [-0.39, 0.29) is 24.8 Å². The van der Waals surface area contributed by atoms with Gasteiger partial charge in [-0.3, -0.25) is 4.79 Å². The first-order valence-electron chi connectivity index (χ1n) is 9.14. The van der Waals surface area contributed by atoms with Crippen molar-refractivity contribution in [3.63, 3.8) is 0 Å². The fraction of sp³-hybridized carbons (Fsp3) is 0.778. The second-order valence-electron chi connectivity index (χ2n) is 8.46. The third-order valence-corrected chi connectivity index (χ3v) is 5.71. The monoisotopic (exact) mass is 393 g/mol. The van der Waals surface area contributed by atoms with E-state index in [4.69, 9.17) is 0 Å². The molecule has 1 amide bonds. The average Bonchev–Trinajstić information content (AvgIpc) is 2.70. The molecule has 1 aromatic rings. The molecule has 0 atom stereocenters. The van der Waals surface area contributed by atoms with Crippen LogP contribution in [0.4, 0.5) is 27.8 Å². The van der Waals surface area contributed by atoms with E-state index in [1.54, 1.807) is 11.6 Å². The molecule has 1 N–H and O–H groups in total. The summed E-state index contributed by atoms with van der Waals surface area (Å²) >= 11 is 0. The largest absolute Gasteiger partial charge is 0.394 e. The molecule has 0 radical (unpaired) electrons. The number of aromatic nitrogens is 2. The average molecular weight is 393 g/mol.